The third-order valence-electron chi connectivity index (χ3n) is 5.88. The van der Waals surface area contributed by atoms with Crippen molar-refractivity contribution in [2.24, 2.45) is 5.92 Å². The first-order valence-electron chi connectivity index (χ1n) is 10.8. The molecule has 0 aromatic heterocycles. The van der Waals surface area contributed by atoms with Gasteiger partial charge in [-0.05, 0) is 64.2 Å². The molecule has 1 aliphatic carbocycles. The number of nitrogens with one attached hydrogen (secondary N) is 1. The molecule has 154 valence electrons. The minimum absolute atomic E-state index is 0.0376. The van der Waals surface area contributed by atoms with Crippen molar-refractivity contribution in [2.75, 3.05) is 6.54 Å². The normalized spacial score (nSPS) is 21.6. The summed E-state index contributed by atoms with van der Waals surface area (Å²) in [5, 5.41) is 3.12. The summed E-state index contributed by atoms with van der Waals surface area (Å²) in [5.41, 5.74) is 1.01. The van der Waals surface area contributed by atoms with Gasteiger partial charge in [-0.1, -0.05) is 31.4 Å². The van der Waals surface area contributed by atoms with E-state index in [9.17, 15) is 9.59 Å². The van der Waals surface area contributed by atoms with Crippen molar-refractivity contribution in [3.8, 4) is 5.75 Å². The fourth-order valence-electron chi connectivity index (χ4n) is 4.41. The Morgan fingerprint density at radius 2 is 1.82 bits per heavy atom. The lowest BCUT2D eigenvalue weighted by molar-refractivity contribution is -0.142. The second-order valence-corrected chi connectivity index (χ2v) is 8.49. The highest BCUT2D eigenvalue weighted by molar-refractivity contribution is 5.89. The Hall–Kier alpha value is -2.04. The molecule has 2 amide bonds. The van der Waals surface area contributed by atoms with Gasteiger partial charge in [-0.2, -0.15) is 0 Å². The van der Waals surface area contributed by atoms with E-state index in [0.717, 1.165) is 49.8 Å². The summed E-state index contributed by atoms with van der Waals surface area (Å²) in [5.74, 6) is 1.08. The first-order valence-corrected chi connectivity index (χ1v) is 10.8. The standard InChI is InChI=1S/C23H34N2O3/c1-16(2)28-20-12-7-11-19(15-20)17(3)24-22(26)21-13-8-14-25(21)23(27)18-9-5-4-6-10-18/h7,11-12,15-18,21H,4-6,8-10,13-14H2,1-3H3,(H,24,26). The van der Waals surface area contributed by atoms with Crippen LogP contribution in [-0.4, -0.2) is 35.4 Å². The Morgan fingerprint density at radius 1 is 1.07 bits per heavy atom. The largest absolute Gasteiger partial charge is 0.491 e. The maximum absolute atomic E-state index is 13.0. The number of rotatable bonds is 6. The summed E-state index contributed by atoms with van der Waals surface area (Å²) in [6, 6.07) is 7.40. The maximum atomic E-state index is 13.0. The van der Waals surface area contributed by atoms with E-state index in [4.69, 9.17) is 4.74 Å². The van der Waals surface area contributed by atoms with Crippen molar-refractivity contribution < 1.29 is 14.3 Å². The third-order valence-corrected chi connectivity index (χ3v) is 5.88. The van der Waals surface area contributed by atoms with Crippen LogP contribution in [0.25, 0.3) is 0 Å². The minimum Gasteiger partial charge on any atom is -0.491 e. The quantitative estimate of drug-likeness (QED) is 0.796. The lowest BCUT2D eigenvalue weighted by Crippen LogP contribution is -2.48. The number of carbonyl (C=O) groups is 2. The number of benzene rings is 1. The summed E-state index contributed by atoms with van der Waals surface area (Å²) in [4.78, 5) is 27.7. The zero-order valence-corrected chi connectivity index (χ0v) is 17.4. The molecule has 5 nitrogen and oxygen atoms in total. The molecule has 0 spiro atoms. The number of amides is 2. The molecule has 2 atom stereocenters. The van der Waals surface area contributed by atoms with Crippen LogP contribution in [0.1, 0.15) is 77.3 Å². The average molecular weight is 387 g/mol. The summed E-state index contributed by atoms with van der Waals surface area (Å²) < 4.78 is 5.76. The van der Waals surface area contributed by atoms with Crippen molar-refractivity contribution in [3.63, 3.8) is 0 Å². The molecular weight excluding hydrogens is 352 g/mol. The van der Waals surface area contributed by atoms with Crippen LogP contribution in [0.5, 0.6) is 5.75 Å². The lowest BCUT2D eigenvalue weighted by Gasteiger charge is -2.30. The molecule has 1 aromatic rings. The summed E-state index contributed by atoms with van der Waals surface area (Å²) in [6.07, 6.45) is 7.21. The van der Waals surface area contributed by atoms with Crippen LogP contribution in [0.3, 0.4) is 0 Å². The Balaban J connectivity index is 1.62. The zero-order chi connectivity index (χ0) is 20.1. The number of carbonyl (C=O) groups excluding carboxylic acids is 2. The van der Waals surface area contributed by atoms with Crippen LogP contribution in [0, 0.1) is 5.92 Å². The van der Waals surface area contributed by atoms with Gasteiger partial charge in [0.1, 0.15) is 11.8 Å². The number of likely N-dealkylation sites (tertiary alicyclic amines) is 1. The molecule has 1 N–H and O–H groups in total. The van der Waals surface area contributed by atoms with Gasteiger partial charge < -0.3 is 15.0 Å². The number of nitrogens with zero attached hydrogens (tertiary/aromatic N) is 1. The molecule has 1 aliphatic heterocycles. The van der Waals surface area contributed by atoms with Gasteiger partial charge in [0, 0.05) is 12.5 Å². The van der Waals surface area contributed by atoms with Gasteiger partial charge in [-0.3, -0.25) is 9.59 Å². The SMILES string of the molecule is CC(C)Oc1cccc(C(C)NC(=O)C2CCCN2C(=O)C2CCCCC2)c1. The van der Waals surface area contributed by atoms with Crippen LogP contribution < -0.4 is 10.1 Å². The fourth-order valence-corrected chi connectivity index (χ4v) is 4.41. The average Bonchev–Trinajstić information content (AvgIpc) is 3.17. The van der Waals surface area contributed by atoms with Crippen molar-refractivity contribution in [3.05, 3.63) is 29.8 Å². The number of hydrogen-bond donors (Lipinski definition) is 1. The van der Waals surface area contributed by atoms with E-state index in [1.165, 1.54) is 6.42 Å². The number of hydrogen-bond acceptors (Lipinski definition) is 3. The van der Waals surface area contributed by atoms with Crippen molar-refractivity contribution in [1.82, 2.24) is 10.2 Å². The summed E-state index contributed by atoms with van der Waals surface area (Å²) in [6.45, 7) is 6.68. The molecule has 28 heavy (non-hydrogen) atoms. The summed E-state index contributed by atoms with van der Waals surface area (Å²) >= 11 is 0. The molecule has 2 unspecified atom stereocenters. The van der Waals surface area contributed by atoms with Crippen molar-refractivity contribution >= 4 is 11.8 Å². The van der Waals surface area contributed by atoms with Crippen molar-refractivity contribution in [1.29, 1.82) is 0 Å². The van der Waals surface area contributed by atoms with Crippen molar-refractivity contribution in [2.45, 2.75) is 83.9 Å². The van der Waals surface area contributed by atoms with Crippen LogP contribution in [-0.2, 0) is 9.59 Å². The molecule has 5 heteroatoms. The molecule has 1 heterocycles. The van der Waals surface area contributed by atoms with Gasteiger partial charge >= 0.3 is 0 Å². The Labute approximate surface area is 168 Å². The molecule has 0 radical (unpaired) electrons. The Kier molecular flexibility index (Phi) is 6.97. The van der Waals surface area contributed by atoms with E-state index in [2.05, 4.69) is 5.32 Å². The molecule has 3 rings (SSSR count). The van der Waals surface area contributed by atoms with E-state index >= 15 is 0 Å². The van der Waals surface area contributed by atoms with Gasteiger partial charge in [-0.25, -0.2) is 0 Å². The van der Waals surface area contributed by atoms with Crippen LogP contribution in [0.15, 0.2) is 24.3 Å². The van der Waals surface area contributed by atoms with E-state index in [1.54, 1.807) is 0 Å². The Bertz CT molecular complexity index is 682. The molecule has 1 aromatic carbocycles. The Morgan fingerprint density at radius 3 is 2.54 bits per heavy atom. The van der Waals surface area contributed by atoms with E-state index in [0.29, 0.717) is 6.54 Å². The topological polar surface area (TPSA) is 58.6 Å². The lowest BCUT2D eigenvalue weighted by atomic mass is 9.88. The van der Waals surface area contributed by atoms with Gasteiger partial charge in [0.2, 0.25) is 11.8 Å². The van der Waals surface area contributed by atoms with Gasteiger partial charge in [-0.15, -0.1) is 0 Å². The van der Waals surface area contributed by atoms with Crippen LogP contribution in [0.4, 0.5) is 0 Å². The van der Waals surface area contributed by atoms with Gasteiger partial charge in [0.15, 0.2) is 0 Å². The highest BCUT2D eigenvalue weighted by Gasteiger charge is 2.37. The van der Waals surface area contributed by atoms with E-state index in [1.807, 2.05) is 49.9 Å². The molecule has 1 saturated heterocycles. The van der Waals surface area contributed by atoms with Crippen LogP contribution in [0.2, 0.25) is 0 Å². The van der Waals surface area contributed by atoms with Gasteiger partial charge in [0.05, 0.1) is 12.1 Å². The molecule has 1 saturated carbocycles. The van der Waals surface area contributed by atoms with Crippen LogP contribution >= 0.6 is 0 Å². The molecule has 2 fully saturated rings. The van der Waals surface area contributed by atoms with Gasteiger partial charge in [0.25, 0.3) is 0 Å². The maximum Gasteiger partial charge on any atom is 0.243 e. The first-order chi connectivity index (χ1) is 13.5. The first kappa shape index (κ1) is 20.7. The van der Waals surface area contributed by atoms with E-state index < -0.39 is 0 Å². The molecule has 0 bridgehead atoms. The fraction of sp³-hybridized carbons (Fsp3) is 0.652. The monoisotopic (exact) mass is 386 g/mol. The van der Waals surface area contributed by atoms with E-state index in [-0.39, 0.29) is 35.9 Å². The predicted molar refractivity (Wildman–Crippen MR) is 110 cm³/mol. The highest BCUT2D eigenvalue weighted by Crippen LogP contribution is 2.29. The third kappa shape index (κ3) is 5.06. The summed E-state index contributed by atoms with van der Waals surface area (Å²) in [7, 11) is 0. The second-order valence-electron chi connectivity index (χ2n) is 8.49. The second kappa shape index (κ2) is 9.44. The minimum atomic E-state index is -0.327. The highest BCUT2D eigenvalue weighted by atomic mass is 16.5. The predicted octanol–water partition coefficient (Wildman–Crippen LogP) is 4.22. The molecular formula is C23H34N2O3. The number of ether oxygens (including phenoxy) is 1. The zero-order valence-electron chi connectivity index (χ0n) is 17.4. The molecule has 2 aliphatic rings. The smallest absolute Gasteiger partial charge is 0.243 e.